The number of hydrogen-bond donors (Lipinski definition) is 2. The van der Waals surface area contributed by atoms with E-state index < -0.39 is 42.3 Å². The summed E-state index contributed by atoms with van der Waals surface area (Å²) in [6.45, 7) is -0.796. The summed E-state index contributed by atoms with van der Waals surface area (Å²) >= 11 is 5.95. The van der Waals surface area contributed by atoms with E-state index in [4.69, 9.17) is 11.6 Å². The molecule has 0 saturated carbocycles. The van der Waals surface area contributed by atoms with Gasteiger partial charge in [-0.15, -0.1) is 0 Å². The number of carboxylic acids is 1. The minimum absolute atomic E-state index is 0.00468. The molecular formula is C15H10ClF6N5O2. The van der Waals surface area contributed by atoms with Crippen LogP contribution < -0.4 is 5.43 Å². The molecule has 156 valence electrons. The Morgan fingerprint density at radius 2 is 1.97 bits per heavy atom. The molecule has 0 bridgehead atoms. The van der Waals surface area contributed by atoms with Crippen LogP contribution in [0.15, 0.2) is 36.2 Å². The van der Waals surface area contributed by atoms with Crippen molar-refractivity contribution >= 4 is 17.6 Å². The fourth-order valence-electron chi connectivity index (χ4n) is 2.58. The first kappa shape index (κ1) is 20.9. The largest absolute Gasteiger partial charge is 0.477 e. The van der Waals surface area contributed by atoms with Crippen molar-refractivity contribution in [3.05, 3.63) is 52.6 Å². The van der Waals surface area contributed by atoms with Crippen molar-refractivity contribution in [1.29, 1.82) is 0 Å². The average Bonchev–Trinajstić information content (AvgIpc) is 3.19. The number of rotatable bonds is 4. The topological polar surface area (TPSA) is 83.3 Å². The number of aromatic nitrogens is 3. The van der Waals surface area contributed by atoms with Crippen molar-refractivity contribution in [3.8, 4) is 5.82 Å². The molecule has 0 amide bonds. The first-order valence-corrected chi connectivity index (χ1v) is 8.08. The number of alkyl halides is 6. The van der Waals surface area contributed by atoms with Gasteiger partial charge in [-0.3, -0.25) is 5.01 Å². The molecule has 7 nitrogen and oxygen atoms in total. The van der Waals surface area contributed by atoms with E-state index >= 15 is 0 Å². The van der Waals surface area contributed by atoms with Crippen LogP contribution in [0.2, 0.25) is 5.02 Å². The maximum absolute atomic E-state index is 13.1. The third kappa shape index (κ3) is 4.29. The Morgan fingerprint density at radius 1 is 1.28 bits per heavy atom. The number of hydrogen-bond acceptors (Lipinski definition) is 5. The maximum atomic E-state index is 13.1. The number of hydrazine groups is 1. The van der Waals surface area contributed by atoms with Crippen LogP contribution in [0.4, 0.5) is 26.3 Å². The lowest BCUT2D eigenvalue weighted by atomic mass is 10.2. The van der Waals surface area contributed by atoms with Gasteiger partial charge in [-0.25, -0.2) is 19.9 Å². The summed E-state index contributed by atoms with van der Waals surface area (Å²) in [5.41, 5.74) is -0.602. The van der Waals surface area contributed by atoms with Gasteiger partial charge in [0.05, 0.1) is 17.3 Å². The van der Waals surface area contributed by atoms with Gasteiger partial charge >= 0.3 is 18.3 Å². The minimum atomic E-state index is -5.07. The van der Waals surface area contributed by atoms with Gasteiger partial charge in [0.25, 0.3) is 0 Å². The van der Waals surface area contributed by atoms with Crippen LogP contribution in [-0.2, 0) is 6.54 Å². The zero-order valence-corrected chi connectivity index (χ0v) is 14.7. The summed E-state index contributed by atoms with van der Waals surface area (Å²) in [5, 5.41) is 13.4. The molecule has 0 fully saturated rings. The van der Waals surface area contributed by atoms with E-state index in [0.717, 1.165) is 10.7 Å². The number of carboxylic acid groups (broad SMARTS) is 1. The molecule has 1 atom stereocenters. The van der Waals surface area contributed by atoms with Gasteiger partial charge in [0.15, 0.2) is 11.5 Å². The van der Waals surface area contributed by atoms with E-state index in [9.17, 15) is 36.2 Å². The fourth-order valence-corrected chi connectivity index (χ4v) is 2.79. The van der Waals surface area contributed by atoms with Gasteiger partial charge in [0.2, 0.25) is 0 Å². The highest BCUT2D eigenvalue weighted by Crippen LogP contribution is 2.36. The van der Waals surface area contributed by atoms with Gasteiger partial charge < -0.3 is 5.11 Å². The molecule has 2 N–H and O–H groups in total. The first-order valence-electron chi connectivity index (χ1n) is 7.70. The molecule has 0 radical (unpaired) electrons. The molecule has 0 aromatic carbocycles. The Balaban J connectivity index is 1.96. The molecule has 1 aliphatic rings. The second kappa shape index (κ2) is 7.22. The van der Waals surface area contributed by atoms with Crippen LogP contribution in [-0.4, -0.2) is 49.2 Å². The van der Waals surface area contributed by atoms with Crippen LogP contribution in [0.5, 0.6) is 0 Å². The van der Waals surface area contributed by atoms with Crippen LogP contribution in [0.1, 0.15) is 16.2 Å². The van der Waals surface area contributed by atoms with Gasteiger partial charge in [-0.1, -0.05) is 11.6 Å². The highest BCUT2D eigenvalue weighted by atomic mass is 35.5. The van der Waals surface area contributed by atoms with Crippen molar-refractivity contribution in [2.24, 2.45) is 0 Å². The Bertz CT molecular complexity index is 971. The summed E-state index contributed by atoms with van der Waals surface area (Å²) in [7, 11) is 0. The zero-order chi connectivity index (χ0) is 21.6. The lowest BCUT2D eigenvalue weighted by Crippen LogP contribution is -2.45. The predicted molar refractivity (Wildman–Crippen MR) is 86.0 cm³/mol. The highest BCUT2D eigenvalue weighted by molar-refractivity contribution is 6.32. The predicted octanol–water partition coefficient (Wildman–Crippen LogP) is 3.32. The second-order valence-corrected chi connectivity index (χ2v) is 6.24. The number of halogens is 7. The lowest BCUT2D eigenvalue weighted by molar-refractivity contribution is -0.153. The molecule has 1 aliphatic heterocycles. The van der Waals surface area contributed by atoms with E-state index in [-0.39, 0.29) is 27.6 Å². The summed E-state index contributed by atoms with van der Waals surface area (Å²) < 4.78 is 78.8. The summed E-state index contributed by atoms with van der Waals surface area (Å²) in [4.78, 5) is 15.3. The van der Waals surface area contributed by atoms with E-state index in [1.54, 1.807) is 5.43 Å². The third-order valence-corrected chi connectivity index (χ3v) is 4.09. The SMILES string of the molecule is O=C(O)c1cc(CN2NC(C(F)(F)F)C=C2C(F)(F)F)nn1-c1ncccc1Cl. The van der Waals surface area contributed by atoms with E-state index in [1.165, 1.54) is 18.3 Å². The van der Waals surface area contributed by atoms with E-state index in [1.807, 2.05) is 0 Å². The van der Waals surface area contributed by atoms with Crippen LogP contribution in [0, 0.1) is 0 Å². The summed E-state index contributed by atoms with van der Waals surface area (Å²) in [5.74, 6) is -1.59. The van der Waals surface area contributed by atoms with Gasteiger partial charge in [0, 0.05) is 6.20 Å². The van der Waals surface area contributed by atoms with E-state index in [2.05, 4.69) is 10.1 Å². The summed E-state index contributed by atoms with van der Waals surface area (Å²) in [6.07, 6.45) is -8.74. The van der Waals surface area contributed by atoms with Crippen molar-refractivity contribution in [2.45, 2.75) is 24.9 Å². The molecule has 2 aromatic rings. The standard InChI is InChI=1S/C15H10ClF6N5O2/c16-8-2-1-3-23-12(8)27-9(13(28)29)4-7(24-27)6-26-11(15(20,21)22)5-10(25-26)14(17,18)19/h1-5,10,25H,6H2,(H,28,29). The lowest BCUT2D eigenvalue weighted by Gasteiger charge is -2.24. The van der Waals surface area contributed by atoms with Crippen LogP contribution >= 0.6 is 11.6 Å². The second-order valence-electron chi connectivity index (χ2n) is 5.83. The molecule has 29 heavy (non-hydrogen) atoms. The third-order valence-electron chi connectivity index (χ3n) is 3.79. The van der Waals surface area contributed by atoms with Crippen molar-refractivity contribution in [3.63, 3.8) is 0 Å². The van der Waals surface area contributed by atoms with Crippen molar-refractivity contribution in [1.82, 2.24) is 25.2 Å². The number of aromatic carboxylic acids is 1. The monoisotopic (exact) mass is 441 g/mol. The Morgan fingerprint density at radius 3 is 2.52 bits per heavy atom. The van der Waals surface area contributed by atoms with Crippen molar-refractivity contribution < 1.29 is 36.2 Å². The quantitative estimate of drug-likeness (QED) is 0.708. The normalized spacial score (nSPS) is 17.6. The van der Waals surface area contributed by atoms with E-state index in [0.29, 0.717) is 0 Å². The summed E-state index contributed by atoms with van der Waals surface area (Å²) in [6, 6.07) is 1.22. The molecular weight excluding hydrogens is 432 g/mol. The van der Waals surface area contributed by atoms with Gasteiger partial charge in [0.1, 0.15) is 11.7 Å². The molecule has 3 rings (SSSR count). The minimum Gasteiger partial charge on any atom is -0.477 e. The Kier molecular flexibility index (Phi) is 5.21. The van der Waals surface area contributed by atoms with Crippen LogP contribution in [0.25, 0.3) is 5.82 Å². The number of nitrogens with one attached hydrogen (secondary N) is 1. The van der Waals surface area contributed by atoms with Gasteiger partial charge in [-0.05, 0) is 24.3 Å². The molecule has 14 heteroatoms. The first-order chi connectivity index (χ1) is 13.4. The molecule has 0 saturated heterocycles. The number of allylic oxidation sites excluding steroid dienone is 1. The molecule has 0 aliphatic carbocycles. The molecule has 3 heterocycles. The Hall–Kier alpha value is -2.80. The molecule has 2 aromatic heterocycles. The zero-order valence-electron chi connectivity index (χ0n) is 14.0. The number of nitrogens with zero attached hydrogens (tertiary/aromatic N) is 4. The maximum Gasteiger partial charge on any atom is 0.432 e. The number of pyridine rings is 1. The fraction of sp³-hybridized carbons (Fsp3) is 0.267. The average molecular weight is 442 g/mol. The number of carbonyl (C=O) groups is 1. The van der Waals surface area contributed by atoms with Crippen LogP contribution in [0.3, 0.4) is 0 Å². The van der Waals surface area contributed by atoms with Crippen molar-refractivity contribution in [2.75, 3.05) is 0 Å². The molecule has 1 unspecified atom stereocenters. The molecule has 0 spiro atoms. The smallest absolute Gasteiger partial charge is 0.432 e. The highest BCUT2D eigenvalue weighted by Gasteiger charge is 2.49. The van der Waals surface area contributed by atoms with Gasteiger partial charge in [-0.2, -0.15) is 31.4 Å². The Labute approximate surface area is 163 Å².